The lowest BCUT2D eigenvalue weighted by atomic mass is 9.74. The van der Waals surface area contributed by atoms with E-state index in [0.717, 1.165) is 18.4 Å². The summed E-state index contributed by atoms with van der Waals surface area (Å²) in [6.07, 6.45) is 2.52. The van der Waals surface area contributed by atoms with Crippen LogP contribution in [-0.2, 0) is 14.3 Å². The van der Waals surface area contributed by atoms with Crippen LogP contribution in [0.15, 0.2) is 24.3 Å². The van der Waals surface area contributed by atoms with Crippen LogP contribution < -0.4 is 0 Å². The fourth-order valence-electron chi connectivity index (χ4n) is 2.87. The summed E-state index contributed by atoms with van der Waals surface area (Å²) >= 11 is 0. The van der Waals surface area contributed by atoms with Crippen molar-refractivity contribution in [2.75, 3.05) is 14.2 Å². The van der Waals surface area contributed by atoms with Gasteiger partial charge in [-0.05, 0) is 42.9 Å². The first-order chi connectivity index (χ1) is 9.15. The van der Waals surface area contributed by atoms with Crippen molar-refractivity contribution in [2.45, 2.75) is 31.3 Å². The zero-order chi connectivity index (χ0) is 13.8. The molecule has 0 aliphatic heterocycles. The number of hydrogen-bond acceptors (Lipinski definition) is 3. The van der Waals surface area contributed by atoms with Crippen molar-refractivity contribution < 1.29 is 18.7 Å². The summed E-state index contributed by atoms with van der Waals surface area (Å²) in [6, 6.07) is 6.38. The number of ether oxygens (including phenoxy) is 2. The first-order valence-corrected chi connectivity index (χ1v) is 6.51. The Labute approximate surface area is 112 Å². The molecule has 4 heteroatoms. The first-order valence-electron chi connectivity index (χ1n) is 6.51. The Balaban J connectivity index is 2.21. The van der Waals surface area contributed by atoms with Crippen molar-refractivity contribution in [2.24, 2.45) is 5.92 Å². The fourth-order valence-corrected chi connectivity index (χ4v) is 2.87. The maximum absolute atomic E-state index is 13.0. The number of benzene rings is 1. The molecule has 3 nitrogen and oxygen atoms in total. The Morgan fingerprint density at radius 3 is 2.47 bits per heavy atom. The van der Waals surface area contributed by atoms with E-state index < -0.39 is 0 Å². The molecule has 0 aromatic heterocycles. The largest absolute Gasteiger partial charge is 0.469 e. The Kier molecular flexibility index (Phi) is 4.53. The maximum Gasteiger partial charge on any atom is 0.309 e. The van der Waals surface area contributed by atoms with E-state index in [1.54, 1.807) is 19.2 Å². The molecule has 1 fully saturated rings. The van der Waals surface area contributed by atoms with Gasteiger partial charge in [-0.2, -0.15) is 0 Å². The van der Waals surface area contributed by atoms with E-state index in [2.05, 4.69) is 0 Å². The number of halogens is 1. The number of esters is 1. The molecular formula is C15H19FO3. The highest BCUT2D eigenvalue weighted by Gasteiger charge is 2.36. The molecule has 1 aliphatic rings. The van der Waals surface area contributed by atoms with E-state index in [-0.39, 0.29) is 29.7 Å². The third kappa shape index (κ3) is 3.13. The average molecular weight is 266 g/mol. The summed E-state index contributed by atoms with van der Waals surface area (Å²) in [5, 5.41) is 0. The third-order valence-corrected chi connectivity index (χ3v) is 3.94. The summed E-state index contributed by atoms with van der Waals surface area (Å²) in [4.78, 5) is 11.9. The molecule has 0 spiro atoms. The summed E-state index contributed by atoms with van der Waals surface area (Å²) in [6.45, 7) is 0. The van der Waals surface area contributed by atoms with E-state index in [9.17, 15) is 9.18 Å². The number of carbonyl (C=O) groups is 1. The van der Waals surface area contributed by atoms with Gasteiger partial charge in [-0.15, -0.1) is 0 Å². The second-order valence-electron chi connectivity index (χ2n) is 4.96. The minimum absolute atomic E-state index is 0.0828. The lowest BCUT2D eigenvalue weighted by Crippen LogP contribution is -2.33. The van der Waals surface area contributed by atoms with Gasteiger partial charge >= 0.3 is 5.97 Å². The normalized spacial score (nSPS) is 27.0. The smallest absolute Gasteiger partial charge is 0.309 e. The highest BCUT2D eigenvalue weighted by molar-refractivity contribution is 5.73. The van der Waals surface area contributed by atoms with Crippen molar-refractivity contribution in [3.8, 4) is 0 Å². The third-order valence-electron chi connectivity index (χ3n) is 3.94. The first kappa shape index (κ1) is 14.0. The second kappa shape index (κ2) is 6.15. The van der Waals surface area contributed by atoms with Crippen LogP contribution in [0.1, 0.15) is 30.7 Å². The molecule has 1 aliphatic carbocycles. The highest BCUT2D eigenvalue weighted by atomic mass is 19.1. The van der Waals surface area contributed by atoms with Crippen LogP contribution in [0.5, 0.6) is 0 Å². The van der Waals surface area contributed by atoms with E-state index >= 15 is 0 Å². The number of rotatable bonds is 3. The van der Waals surface area contributed by atoms with Gasteiger partial charge in [-0.3, -0.25) is 4.79 Å². The molecule has 1 aromatic carbocycles. The van der Waals surface area contributed by atoms with Crippen LogP contribution in [0.2, 0.25) is 0 Å². The lowest BCUT2D eigenvalue weighted by molar-refractivity contribution is -0.149. The predicted octanol–water partition coefficient (Wildman–Crippen LogP) is 2.90. The SMILES string of the molecule is COC(=O)C1C[C@@H](OC)CCC1c1ccc(F)cc1. The second-order valence-corrected chi connectivity index (χ2v) is 4.96. The summed E-state index contributed by atoms with van der Waals surface area (Å²) in [7, 11) is 3.07. The molecule has 2 rings (SSSR count). The Hall–Kier alpha value is -1.42. The van der Waals surface area contributed by atoms with Crippen LogP contribution in [0.4, 0.5) is 4.39 Å². The molecule has 19 heavy (non-hydrogen) atoms. The molecular weight excluding hydrogens is 247 g/mol. The van der Waals surface area contributed by atoms with Gasteiger partial charge in [-0.1, -0.05) is 12.1 Å². The molecule has 0 N–H and O–H groups in total. The van der Waals surface area contributed by atoms with Crippen LogP contribution in [-0.4, -0.2) is 26.3 Å². The molecule has 1 saturated carbocycles. The van der Waals surface area contributed by atoms with Crippen molar-refractivity contribution >= 4 is 5.97 Å². The molecule has 2 unspecified atom stereocenters. The van der Waals surface area contributed by atoms with Crippen LogP contribution >= 0.6 is 0 Å². The van der Waals surface area contributed by atoms with E-state index in [1.807, 2.05) is 0 Å². The Morgan fingerprint density at radius 1 is 1.21 bits per heavy atom. The van der Waals surface area contributed by atoms with Crippen molar-refractivity contribution in [1.29, 1.82) is 0 Å². The molecule has 0 radical (unpaired) electrons. The van der Waals surface area contributed by atoms with Gasteiger partial charge in [-0.25, -0.2) is 4.39 Å². The minimum Gasteiger partial charge on any atom is -0.469 e. The average Bonchev–Trinajstić information content (AvgIpc) is 2.46. The monoisotopic (exact) mass is 266 g/mol. The van der Waals surface area contributed by atoms with Crippen LogP contribution in [0, 0.1) is 11.7 Å². The zero-order valence-electron chi connectivity index (χ0n) is 11.3. The van der Waals surface area contributed by atoms with E-state index in [4.69, 9.17) is 9.47 Å². The standard InChI is InChI=1S/C15H19FO3/c1-18-12-7-8-13(14(9-12)15(17)19-2)10-3-5-11(16)6-4-10/h3-6,12-14H,7-9H2,1-2H3/t12-,13?,14?/m0/s1. The molecule has 0 saturated heterocycles. The molecule has 1 aromatic rings. The maximum atomic E-state index is 13.0. The quantitative estimate of drug-likeness (QED) is 0.789. The van der Waals surface area contributed by atoms with Gasteiger partial charge in [0.15, 0.2) is 0 Å². The molecule has 0 heterocycles. The van der Waals surface area contributed by atoms with Gasteiger partial charge in [0.25, 0.3) is 0 Å². The lowest BCUT2D eigenvalue weighted by Gasteiger charge is -2.34. The predicted molar refractivity (Wildman–Crippen MR) is 69.3 cm³/mol. The van der Waals surface area contributed by atoms with E-state index in [0.29, 0.717) is 6.42 Å². The van der Waals surface area contributed by atoms with Crippen molar-refractivity contribution in [3.05, 3.63) is 35.6 Å². The number of hydrogen-bond donors (Lipinski definition) is 0. The number of carbonyl (C=O) groups excluding carboxylic acids is 1. The summed E-state index contributed by atoms with van der Waals surface area (Å²) in [5.41, 5.74) is 0.992. The van der Waals surface area contributed by atoms with Crippen LogP contribution in [0.25, 0.3) is 0 Å². The topological polar surface area (TPSA) is 35.5 Å². The number of methoxy groups -OCH3 is 2. The summed E-state index contributed by atoms with van der Waals surface area (Å²) < 4.78 is 23.2. The van der Waals surface area contributed by atoms with Gasteiger partial charge in [0, 0.05) is 7.11 Å². The van der Waals surface area contributed by atoms with E-state index in [1.165, 1.54) is 19.2 Å². The molecule has 3 atom stereocenters. The Bertz CT molecular complexity index is 430. The zero-order valence-corrected chi connectivity index (χ0v) is 11.3. The van der Waals surface area contributed by atoms with Gasteiger partial charge < -0.3 is 9.47 Å². The van der Waals surface area contributed by atoms with Gasteiger partial charge in [0.05, 0.1) is 19.1 Å². The highest BCUT2D eigenvalue weighted by Crippen LogP contribution is 2.39. The van der Waals surface area contributed by atoms with Crippen molar-refractivity contribution in [3.63, 3.8) is 0 Å². The minimum atomic E-state index is -0.260. The van der Waals surface area contributed by atoms with Gasteiger partial charge in [0.1, 0.15) is 5.82 Å². The van der Waals surface area contributed by atoms with Gasteiger partial charge in [0.2, 0.25) is 0 Å². The molecule has 0 amide bonds. The Morgan fingerprint density at radius 2 is 1.89 bits per heavy atom. The molecule has 104 valence electrons. The van der Waals surface area contributed by atoms with Crippen LogP contribution in [0.3, 0.4) is 0 Å². The molecule has 0 bridgehead atoms. The summed E-state index contributed by atoms with van der Waals surface area (Å²) in [5.74, 6) is -0.603. The van der Waals surface area contributed by atoms with Crippen molar-refractivity contribution in [1.82, 2.24) is 0 Å². The fraction of sp³-hybridized carbons (Fsp3) is 0.533.